The summed E-state index contributed by atoms with van der Waals surface area (Å²) in [7, 11) is 0. The van der Waals surface area contributed by atoms with Crippen LogP contribution < -0.4 is 5.32 Å². The zero-order valence-electron chi connectivity index (χ0n) is 11.6. The van der Waals surface area contributed by atoms with E-state index < -0.39 is 0 Å². The highest BCUT2D eigenvalue weighted by molar-refractivity contribution is 6.30. The molecule has 1 aliphatic rings. The van der Waals surface area contributed by atoms with E-state index in [-0.39, 0.29) is 18.9 Å². The Morgan fingerprint density at radius 3 is 3.05 bits per heavy atom. The van der Waals surface area contributed by atoms with E-state index in [1.54, 1.807) is 0 Å². The van der Waals surface area contributed by atoms with Crippen LogP contribution in [0.5, 0.6) is 0 Å². The van der Waals surface area contributed by atoms with Crippen molar-refractivity contribution in [3.63, 3.8) is 0 Å². The molecule has 20 heavy (non-hydrogen) atoms. The third-order valence-electron chi connectivity index (χ3n) is 3.37. The van der Waals surface area contributed by atoms with Gasteiger partial charge in [0.2, 0.25) is 0 Å². The van der Waals surface area contributed by atoms with Crippen LogP contribution in [0.2, 0.25) is 5.02 Å². The Bertz CT molecular complexity index is 396. The minimum Gasteiger partial charge on any atom is -0.394 e. The number of nitrogens with one attached hydrogen (secondary N) is 1. The molecule has 0 radical (unpaired) electrons. The molecule has 5 heteroatoms. The fraction of sp³-hybridized carbons (Fsp3) is 0.600. The van der Waals surface area contributed by atoms with Crippen molar-refractivity contribution < 1.29 is 14.6 Å². The predicted molar refractivity (Wildman–Crippen MR) is 78.8 cm³/mol. The van der Waals surface area contributed by atoms with E-state index in [2.05, 4.69) is 5.32 Å². The first-order chi connectivity index (χ1) is 9.79. The molecule has 1 heterocycles. The van der Waals surface area contributed by atoms with Crippen LogP contribution in [0.25, 0.3) is 0 Å². The first kappa shape index (κ1) is 15.7. The monoisotopic (exact) mass is 299 g/mol. The highest BCUT2D eigenvalue weighted by Gasteiger charge is 2.14. The molecule has 1 aliphatic heterocycles. The molecular formula is C15H22ClNO3. The lowest BCUT2D eigenvalue weighted by molar-refractivity contribution is -0.161. The molecule has 0 unspecified atom stereocenters. The Morgan fingerprint density at radius 2 is 2.35 bits per heavy atom. The SMILES string of the molecule is OC[C@@H](NCCO[C@H]1CCCCO1)c1cccc(Cl)c1. The summed E-state index contributed by atoms with van der Waals surface area (Å²) in [6.07, 6.45) is 3.20. The quantitative estimate of drug-likeness (QED) is 0.760. The van der Waals surface area contributed by atoms with Crippen molar-refractivity contribution in [3.05, 3.63) is 34.9 Å². The summed E-state index contributed by atoms with van der Waals surface area (Å²) in [6.45, 7) is 2.06. The van der Waals surface area contributed by atoms with Gasteiger partial charge in [0.15, 0.2) is 6.29 Å². The zero-order valence-corrected chi connectivity index (χ0v) is 12.3. The molecule has 2 rings (SSSR count). The van der Waals surface area contributed by atoms with Gasteiger partial charge in [-0.15, -0.1) is 0 Å². The number of aliphatic hydroxyl groups excluding tert-OH is 1. The van der Waals surface area contributed by atoms with Crippen molar-refractivity contribution >= 4 is 11.6 Å². The number of rotatable bonds is 7. The Kier molecular flexibility index (Phi) is 6.76. The van der Waals surface area contributed by atoms with Crippen molar-refractivity contribution in [2.75, 3.05) is 26.4 Å². The lowest BCUT2D eigenvalue weighted by Gasteiger charge is -2.23. The number of ether oxygens (including phenoxy) is 2. The fourth-order valence-electron chi connectivity index (χ4n) is 2.28. The minimum atomic E-state index is -0.121. The van der Waals surface area contributed by atoms with Crippen molar-refractivity contribution in [2.24, 2.45) is 0 Å². The Balaban J connectivity index is 1.71. The molecule has 0 bridgehead atoms. The van der Waals surface area contributed by atoms with Crippen molar-refractivity contribution in [1.29, 1.82) is 0 Å². The second kappa shape index (κ2) is 8.60. The van der Waals surface area contributed by atoms with Gasteiger partial charge in [0.05, 0.1) is 19.3 Å². The molecule has 0 saturated carbocycles. The molecule has 2 atom stereocenters. The first-order valence-corrected chi connectivity index (χ1v) is 7.50. The second-order valence-electron chi connectivity index (χ2n) is 4.91. The molecule has 1 aromatic carbocycles. The molecule has 4 nitrogen and oxygen atoms in total. The van der Waals surface area contributed by atoms with Crippen LogP contribution in [-0.2, 0) is 9.47 Å². The number of hydrogen-bond donors (Lipinski definition) is 2. The van der Waals surface area contributed by atoms with E-state index in [1.807, 2.05) is 24.3 Å². The Hall–Kier alpha value is -0.650. The van der Waals surface area contributed by atoms with Crippen molar-refractivity contribution in [1.82, 2.24) is 5.32 Å². The summed E-state index contributed by atoms with van der Waals surface area (Å²) >= 11 is 5.96. The predicted octanol–water partition coefficient (Wildman–Crippen LogP) is 2.51. The summed E-state index contributed by atoms with van der Waals surface area (Å²) in [5.74, 6) is 0. The molecule has 0 amide bonds. The first-order valence-electron chi connectivity index (χ1n) is 7.12. The topological polar surface area (TPSA) is 50.7 Å². The second-order valence-corrected chi connectivity index (χ2v) is 5.35. The van der Waals surface area contributed by atoms with Crippen LogP contribution in [0.1, 0.15) is 30.9 Å². The number of halogens is 1. The van der Waals surface area contributed by atoms with Gasteiger partial charge in [-0.1, -0.05) is 23.7 Å². The van der Waals surface area contributed by atoms with Crippen LogP contribution in [0.3, 0.4) is 0 Å². The molecular weight excluding hydrogens is 278 g/mol. The Morgan fingerprint density at radius 1 is 1.45 bits per heavy atom. The van der Waals surface area contributed by atoms with E-state index in [9.17, 15) is 5.11 Å². The zero-order chi connectivity index (χ0) is 14.2. The molecule has 0 aliphatic carbocycles. The van der Waals surface area contributed by atoms with Gasteiger partial charge >= 0.3 is 0 Å². The fourth-order valence-corrected chi connectivity index (χ4v) is 2.48. The maximum Gasteiger partial charge on any atom is 0.157 e. The molecule has 1 fully saturated rings. The third-order valence-corrected chi connectivity index (χ3v) is 3.60. The van der Waals surface area contributed by atoms with E-state index in [0.717, 1.165) is 25.0 Å². The summed E-state index contributed by atoms with van der Waals surface area (Å²) < 4.78 is 11.1. The van der Waals surface area contributed by atoms with Gasteiger partial charge in [0.25, 0.3) is 0 Å². The maximum absolute atomic E-state index is 9.45. The highest BCUT2D eigenvalue weighted by atomic mass is 35.5. The van der Waals surface area contributed by atoms with Crippen LogP contribution in [0.4, 0.5) is 0 Å². The summed E-state index contributed by atoms with van der Waals surface area (Å²) in [5.41, 5.74) is 0.980. The number of benzene rings is 1. The molecule has 1 saturated heterocycles. The van der Waals surface area contributed by atoms with Gasteiger partial charge < -0.3 is 19.9 Å². The van der Waals surface area contributed by atoms with E-state index in [1.165, 1.54) is 6.42 Å². The molecule has 0 spiro atoms. The van der Waals surface area contributed by atoms with E-state index in [4.69, 9.17) is 21.1 Å². The standard InChI is InChI=1S/C15H22ClNO3/c16-13-5-3-4-12(10-13)14(11-18)17-7-9-20-15-6-1-2-8-19-15/h3-5,10,14-15,17-18H,1-2,6-9,11H2/t14-,15+/m1/s1. The van der Waals surface area contributed by atoms with Gasteiger partial charge in [-0.05, 0) is 37.0 Å². The van der Waals surface area contributed by atoms with Crippen LogP contribution in [-0.4, -0.2) is 37.8 Å². The van der Waals surface area contributed by atoms with Crippen LogP contribution >= 0.6 is 11.6 Å². The third kappa shape index (κ3) is 5.04. The molecule has 0 aromatic heterocycles. The van der Waals surface area contributed by atoms with Gasteiger partial charge in [0.1, 0.15) is 0 Å². The average Bonchev–Trinajstić information content (AvgIpc) is 2.48. The summed E-state index contributed by atoms with van der Waals surface area (Å²) in [5, 5.41) is 13.4. The summed E-state index contributed by atoms with van der Waals surface area (Å²) in [6, 6.07) is 7.40. The average molecular weight is 300 g/mol. The normalized spacial score (nSPS) is 20.8. The van der Waals surface area contributed by atoms with Gasteiger partial charge in [-0.25, -0.2) is 0 Å². The largest absolute Gasteiger partial charge is 0.394 e. The Labute approximate surface area is 125 Å². The number of aliphatic hydroxyl groups is 1. The van der Waals surface area contributed by atoms with Gasteiger partial charge in [0, 0.05) is 18.2 Å². The van der Waals surface area contributed by atoms with Gasteiger partial charge in [-0.2, -0.15) is 0 Å². The number of hydrogen-bond acceptors (Lipinski definition) is 4. The van der Waals surface area contributed by atoms with Crippen molar-refractivity contribution in [3.8, 4) is 0 Å². The highest BCUT2D eigenvalue weighted by Crippen LogP contribution is 2.17. The van der Waals surface area contributed by atoms with E-state index >= 15 is 0 Å². The lowest BCUT2D eigenvalue weighted by atomic mass is 10.1. The smallest absolute Gasteiger partial charge is 0.157 e. The molecule has 2 N–H and O–H groups in total. The summed E-state index contributed by atoms with van der Waals surface area (Å²) in [4.78, 5) is 0. The van der Waals surface area contributed by atoms with Crippen LogP contribution in [0.15, 0.2) is 24.3 Å². The lowest BCUT2D eigenvalue weighted by Crippen LogP contribution is -2.30. The minimum absolute atomic E-state index is 0.0280. The van der Waals surface area contributed by atoms with E-state index in [0.29, 0.717) is 18.2 Å². The molecule has 1 aromatic rings. The molecule has 112 valence electrons. The van der Waals surface area contributed by atoms with Crippen LogP contribution in [0, 0.1) is 0 Å². The van der Waals surface area contributed by atoms with Gasteiger partial charge in [-0.3, -0.25) is 0 Å². The van der Waals surface area contributed by atoms with Crippen molar-refractivity contribution in [2.45, 2.75) is 31.6 Å². The maximum atomic E-state index is 9.45.